The number of anilines is 2. The highest BCUT2D eigenvalue weighted by Crippen LogP contribution is 2.22. The number of imidazole rings is 1. The molecule has 0 radical (unpaired) electrons. The summed E-state index contributed by atoms with van der Waals surface area (Å²) in [6.07, 6.45) is 0. The monoisotopic (exact) mass is 257 g/mol. The maximum Gasteiger partial charge on any atom is 0.205 e. The second-order valence-corrected chi connectivity index (χ2v) is 4.62. The Hall–Kier alpha value is -2.00. The molecule has 0 unspecified atom stereocenters. The van der Waals surface area contributed by atoms with Gasteiger partial charge in [-0.25, -0.2) is 4.98 Å². The molecule has 2 aromatic carbocycles. The third kappa shape index (κ3) is 2.05. The van der Waals surface area contributed by atoms with E-state index in [-0.39, 0.29) is 0 Å². The van der Waals surface area contributed by atoms with E-state index in [9.17, 15) is 0 Å². The van der Waals surface area contributed by atoms with Gasteiger partial charge >= 0.3 is 0 Å². The summed E-state index contributed by atoms with van der Waals surface area (Å²) < 4.78 is 0. The van der Waals surface area contributed by atoms with E-state index < -0.39 is 0 Å². The highest BCUT2D eigenvalue weighted by Gasteiger charge is 2.04. The standard InChI is InChI=1S/C14H12ClN3/c1-9-4-2-3-5-11(9)16-14-17-12-7-6-10(15)8-13(12)18-14/h2-8H,1H3,(H2,16,17,18). The van der Waals surface area contributed by atoms with Crippen LogP contribution in [0, 0.1) is 6.92 Å². The number of hydrogen-bond acceptors (Lipinski definition) is 2. The van der Waals surface area contributed by atoms with E-state index in [1.54, 1.807) is 0 Å². The van der Waals surface area contributed by atoms with Crippen LogP contribution in [0.1, 0.15) is 5.56 Å². The van der Waals surface area contributed by atoms with Crippen LogP contribution in [0.5, 0.6) is 0 Å². The van der Waals surface area contributed by atoms with E-state index in [0.29, 0.717) is 5.02 Å². The van der Waals surface area contributed by atoms with E-state index >= 15 is 0 Å². The Balaban J connectivity index is 1.98. The Morgan fingerprint density at radius 2 is 2.00 bits per heavy atom. The molecule has 0 atom stereocenters. The zero-order chi connectivity index (χ0) is 12.5. The lowest BCUT2D eigenvalue weighted by molar-refractivity contribution is 1.29. The van der Waals surface area contributed by atoms with Gasteiger partial charge in [0.2, 0.25) is 5.95 Å². The molecule has 0 amide bonds. The van der Waals surface area contributed by atoms with Crippen molar-refractivity contribution in [3.8, 4) is 0 Å². The number of H-pyrrole nitrogens is 1. The van der Waals surface area contributed by atoms with Crippen molar-refractivity contribution >= 4 is 34.3 Å². The predicted molar refractivity (Wildman–Crippen MR) is 75.6 cm³/mol. The maximum absolute atomic E-state index is 5.95. The van der Waals surface area contributed by atoms with Gasteiger partial charge in [-0.05, 0) is 36.8 Å². The summed E-state index contributed by atoms with van der Waals surface area (Å²) in [7, 11) is 0. The molecule has 1 aromatic heterocycles. The van der Waals surface area contributed by atoms with Crippen molar-refractivity contribution < 1.29 is 0 Å². The summed E-state index contributed by atoms with van der Waals surface area (Å²) in [4.78, 5) is 7.67. The first-order valence-electron chi connectivity index (χ1n) is 5.70. The molecule has 90 valence electrons. The molecule has 18 heavy (non-hydrogen) atoms. The zero-order valence-corrected chi connectivity index (χ0v) is 10.6. The number of halogens is 1. The van der Waals surface area contributed by atoms with Crippen LogP contribution in [-0.2, 0) is 0 Å². The number of aryl methyl sites for hydroxylation is 1. The van der Waals surface area contributed by atoms with Crippen molar-refractivity contribution in [3.05, 3.63) is 53.1 Å². The van der Waals surface area contributed by atoms with E-state index in [2.05, 4.69) is 28.3 Å². The van der Waals surface area contributed by atoms with Crippen molar-refractivity contribution in [1.82, 2.24) is 9.97 Å². The third-order valence-electron chi connectivity index (χ3n) is 2.84. The summed E-state index contributed by atoms with van der Waals surface area (Å²) in [5.41, 5.74) is 4.05. The SMILES string of the molecule is Cc1ccccc1Nc1nc2ccc(Cl)cc2[nH]1. The molecule has 0 aliphatic carbocycles. The first-order valence-corrected chi connectivity index (χ1v) is 6.08. The molecule has 0 saturated carbocycles. The van der Waals surface area contributed by atoms with Gasteiger partial charge in [0, 0.05) is 10.7 Å². The molecule has 4 heteroatoms. The van der Waals surface area contributed by atoms with Crippen LogP contribution >= 0.6 is 11.6 Å². The van der Waals surface area contributed by atoms with Gasteiger partial charge in [-0.15, -0.1) is 0 Å². The van der Waals surface area contributed by atoms with E-state index in [0.717, 1.165) is 22.7 Å². The smallest absolute Gasteiger partial charge is 0.205 e. The summed E-state index contributed by atoms with van der Waals surface area (Å²) in [6.45, 7) is 2.06. The fourth-order valence-corrected chi connectivity index (χ4v) is 2.05. The highest BCUT2D eigenvalue weighted by atomic mass is 35.5. The number of hydrogen-bond donors (Lipinski definition) is 2. The predicted octanol–water partition coefficient (Wildman–Crippen LogP) is 4.27. The average molecular weight is 258 g/mol. The van der Waals surface area contributed by atoms with Crippen molar-refractivity contribution in [3.63, 3.8) is 0 Å². The molecule has 0 spiro atoms. The van der Waals surface area contributed by atoms with Gasteiger partial charge in [0.05, 0.1) is 11.0 Å². The zero-order valence-electron chi connectivity index (χ0n) is 9.87. The number of aromatic nitrogens is 2. The van der Waals surface area contributed by atoms with Crippen LogP contribution < -0.4 is 5.32 Å². The van der Waals surface area contributed by atoms with Crippen LogP contribution in [-0.4, -0.2) is 9.97 Å². The van der Waals surface area contributed by atoms with Crippen LogP contribution in [0.4, 0.5) is 11.6 Å². The lowest BCUT2D eigenvalue weighted by Gasteiger charge is -2.05. The van der Waals surface area contributed by atoms with Gasteiger partial charge in [0.15, 0.2) is 0 Å². The van der Waals surface area contributed by atoms with Crippen molar-refractivity contribution in [1.29, 1.82) is 0 Å². The molecule has 1 heterocycles. The van der Waals surface area contributed by atoms with Crippen molar-refractivity contribution in [2.75, 3.05) is 5.32 Å². The lowest BCUT2D eigenvalue weighted by atomic mass is 10.2. The van der Waals surface area contributed by atoms with Crippen LogP contribution in [0.25, 0.3) is 11.0 Å². The summed E-state index contributed by atoms with van der Waals surface area (Å²) in [5, 5.41) is 3.97. The van der Waals surface area contributed by atoms with Gasteiger partial charge in [-0.2, -0.15) is 0 Å². The molecular formula is C14H12ClN3. The molecular weight excluding hydrogens is 246 g/mol. The van der Waals surface area contributed by atoms with Crippen molar-refractivity contribution in [2.45, 2.75) is 6.92 Å². The van der Waals surface area contributed by atoms with Crippen molar-refractivity contribution in [2.24, 2.45) is 0 Å². The number of aromatic amines is 1. The largest absolute Gasteiger partial charge is 0.326 e. The molecule has 0 saturated heterocycles. The molecule has 0 bridgehead atoms. The minimum Gasteiger partial charge on any atom is -0.326 e. The Kier molecular flexibility index (Phi) is 2.68. The molecule has 2 N–H and O–H groups in total. The number of benzene rings is 2. The molecule has 0 fully saturated rings. The summed E-state index contributed by atoms with van der Waals surface area (Å²) in [6, 6.07) is 13.7. The minimum atomic E-state index is 0.702. The van der Waals surface area contributed by atoms with Gasteiger partial charge in [0.25, 0.3) is 0 Å². The lowest BCUT2D eigenvalue weighted by Crippen LogP contribution is -1.94. The normalized spacial score (nSPS) is 10.8. The second-order valence-electron chi connectivity index (χ2n) is 4.19. The molecule has 0 aliphatic rings. The number of fused-ring (bicyclic) bond motifs is 1. The minimum absolute atomic E-state index is 0.702. The van der Waals surface area contributed by atoms with Gasteiger partial charge < -0.3 is 10.3 Å². The van der Waals surface area contributed by atoms with Gasteiger partial charge in [0.1, 0.15) is 0 Å². The topological polar surface area (TPSA) is 40.7 Å². The fourth-order valence-electron chi connectivity index (χ4n) is 1.88. The maximum atomic E-state index is 5.95. The van der Waals surface area contributed by atoms with Gasteiger partial charge in [-0.1, -0.05) is 29.8 Å². The number of nitrogens with zero attached hydrogens (tertiary/aromatic N) is 1. The fraction of sp³-hybridized carbons (Fsp3) is 0.0714. The average Bonchev–Trinajstić information content (AvgIpc) is 2.73. The number of para-hydroxylation sites is 1. The van der Waals surface area contributed by atoms with Crippen LogP contribution in [0.15, 0.2) is 42.5 Å². The Labute approximate surface area is 110 Å². The van der Waals surface area contributed by atoms with Gasteiger partial charge in [-0.3, -0.25) is 0 Å². The Morgan fingerprint density at radius 1 is 1.17 bits per heavy atom. The second kappa shape index (κ2) is 4.35. The number of rotatable bonds is 2. The summed E-state index contributed by atoms with van der Waals surface area (Å²) >= 11 is 5.95. The Morgan fingerprint density at radius 3 is 2.83 bits per heavy atom. The third-order valence-corrected chi connectivity index (χ3v) is 3.08. The van der Waals surface area contributed by atoms with E-state index in [4.69, 9.17) is 11.6 Å². The highest BCUT2D eigenvalue weighted by molar-refractivity contribution is 6.31. The number of nitrogens with one attached hydrogen (secondary N) is 2. The van der Waals surface area contributed by atoms with Crippen LogP contribution in [0.3, 0.4) is 0 Å². The molecule has 3 rings (SSSR count). The van der Waals surface area contributed by atoms with E-state index in [1.807, 2.05) is 36.4 Å². The first-order chi connectivity index (χ1) is 8.72. The quantitative estimate of drug-likeness (QED) is 0.720. The molecule has 0 aliphatic heterocycles. The van der Waals surface area contributed by atoms with E-state index in [1.165, 1.54) is 5.56 Å². The summed E-state index contributed by atoms with van der Waals surface area (Å²) in [5.74, 6) is 0.724. The molecule has 3 nitrogen and oxygen atoms in total. The molecule has 3 aromatic rings. The Bertz CT molecular complexity index is 703. The first kappa shape index (κ1) is 11.1. The van der Waals surface area contributed by atoms with Crippen LogP contribution in [0.2, 0.25) is 5.02 Å².